The van der Waals surface area contributed by atoms with Gasteiger partial charge < -0.3 is 5.32 Å². The van der Waals surface area contributed by atoms with Crippen LogP contribution in [0.15, 0.2) is 0 Å². The maximum Gasteiger partial charge on any atom is 0.522 e. The van der Waals surface area contributed by atoms with E-state index in [0.29, 0.717) is 19.4 Å². The Labute approximate surface area is 69.1 Å². The van der Waals surface area contributed by atoms with Crippen LogP contribution in [0.1, 0.15) is 19.8 Å². The van der Waals surface area contributed by atoms with Gasteiger partial charge in [-0.1, -0.05) is 0 Å². The number of alkyl halides is 3. The molecular formula is C7H12F3NO. The lowest BCUT2D eigenvalue weighted by Gasteiger charge is -2.28. The zero-order valence-electron chi connectivity index (χ0n) is 6.82. The molecule has 12 heavy (non-hydrogen) atoms. The van der Waals surface area contributed by atoms with Crippen molar-refractivity contribution in [2.75, 3.05) is 6.54 Å². The summed E-state index contributed by atoms with van der Waals surface area (Å²) < 4.78 is 39.1. The molecule has 0 spiro atoms. The number of hydrogen-bond donors (Lipinski definition) is 1. The van der Waals surface area contributed by atoms with E-state index in [1.165, 1.54) is 0 Å². The predicted octanol–water partition coefficient (Wildman–Crippen LogP) is 1.66. The Morgan fingerprint density at radius 2 is 2.08 bits per heavy atom. The summed E-state index contributed by atoms with van der Waals surface area (Å²) in [4.78, 5) is 0. The fourth-order valence-electron chi connectivity index (χ4n) is 1.38. The summed E-state index contributed by atoms with van der Waals surface area (Å²) in [5, 5.41) is 3.05. The van der Waals surface area contributed by atoms with E-state index in [0.717, 1.165) is 0 Å². The highest BCUT2D eigenvalue weighted by Gasteiger charge is 2.34. The zero-order valence-corrected chi connectivity index (χ0v) is 6.82. The highest BCUT2D eigenvalue weighted by molar-refractivity contribution is 4.75. The minimum atomic E-state index is -4.48. The Bertz CT molecular complexity index is 148. The maximum absolute atomic E-state index is 11.7. The van der Waals surface area contributed by atoms with Gasteiger partial charge in [0.2, 0.25) is 0 Å². The summed E-state index contributed by atoms with van der Waals surface area (Å²) in [6, 6.07) is 0.117. The average Bonchev–Trinajstić information content (AvgIpc) is 1.82. The van der Waals surface area contributed by atoms with Crippen LogP contribution in [0.2, 0.25) is 0 Å². The predicted molar refractivity (Wildman–Crippen MR) is 37.6 cm³/mol. The molecule has 0 aliphatic carbocycles. The van der Waals surface area contributed by atoms with E-state index < -0.39 is 12.5 Å². The van der Waals surface area contributed by atoms with Gasteiger partial charge in [0.25, 0.3) is 0 Å². The van der Waals surface area contributed by atoms with Gasteiger partial charge in [0.15, 0.2) is 0 Å². The number of piperidine rings is 1. The first kappa shape index (κ1) is 9.80. The molecule has 1 rings (SSSR count). The molecule has 0 aromatic heterocycles. The molecule has 1 fully saturated rings. The average molecular weight is 183 g/mol. The molecule has 0 aromatic rings. The summed E-state index contributed by atoms with van der Waals surface area (Å²) in [6.45, 7) is 2.45. The van der Waals surface area contributed by atoms with Gasteiger partial charge in [-0.05, 0) is 26.3 Å². The lowest BCUT2D eigenvalue weighted by atomic mass is 10.0. The van der Waals surface area contributed by atoms with Gasteiger partial charge in [0, 0.05) is 6.04 Å². The van der Waals surface area contributed by atoms with E-state index in [9.17, 15) is 13.2 Å². The van der Waals surface area contributed by atoms with Gasteiger partial charge >= 0.3 is 6.36 Å². The SMILES string of the molecule is C[C@@H]1C[C@H](OC(F)(F)F)CCN1. The van der Waals surface area contributed by atoms with Crippen molar-refractivity contribution in [1.29, 1.82) is 0 Å². The van der Waals surface area contributed by atoms with Crippen molar-refractivity contribution in [2.24, 2.45) is 0 Å². The number of nitrogens with one attached hydrogen (secondary N) is 1. The van der Waals surface area contributed by atoms with Crippen LogP contribution in [0.5, 0.6) is 0 Å². The van der Waals surface area contributed by atoms with E-state index in [2.05, 4.69) is 10.1 Å². The monoisotopic (exact) mass is 183 g/mol. The van der Waals surface area contributed by atoms with Crippen LogP contribution >= 0.6 is 0 Å². The largest absolute Gasteiger partial charge is 0.522 e. The second kappa shape index (κ2) is 3.62. The van der Waals surface area contributed by atoms with Crippen LogP contribution in [0.4, 0.5) is 13.2 Å². The highest BCUT2D eigenvalue weighted by Crippen LogP contribution is 2.23. The van der Waals surface area contributed by atoms with Crippen molar-refractivity contribution in [1.82, 2.24) is 5.32 Å². The van der Waals surface area contributed by atoms with Crippen LogP contribution in [0.3, 0.4) is 0 Å². The van der Waals surface area contributed by atoms with Gasteiger partial charge in [-0.25, -0.2) is 0 Å². The quantitative estimate of drug-likeness (QED) is 0.667. The van der Waals surface area contributed by atoms with Crippen LogP contribution < -0.4 is 5.32 Å². The smallest absolute Gasteiger partial charge is 0.314 e. The molecule has 0 bridgehead atoms. The second-order valence-corrected chi connectivity index (χ2v) is 3.07. The minimum Gasteiger partial charge on any atom is -0.314 e. The van der Waals surface area contributed by atoms with Crippen LogP contribution in [0.25, 0.3) is 0 Å². The highest BCUT2D eigenvalue weighted by atomic mass is 19.4. The number of rotatable bonds is 1. The number of hydrogen-bond acceptors (Lipinski definition) is 2. The third kappa shape index (κ3) is 3.40. The molecule has 0 unspecified atom stereocenters. The molecule has 0 radical (unpaired) electrons. The van der Waals surface area contributed by atoms with Crippen molar-refractivity contribution >= 4 is 0 Å². The Kier molecular flexibility index (Phi) is 2.95. The van der Waals surface area contributed by atoms with Gasteiger partial charge in [-0.15, -0.1) is 13.2 Å². The first-order valence-electron chi connectivity index (χ1n) is 3.95. The van der Waals surface area contributed by atoms with Crippen LogP contribution in [0, 0.1) is 0 Å². The summed E-state index contributed by atoms with van der Waals surface area (Å²) in [6.07, 6.45) is -4.29. The van der Waals surface area contributed by atoms with Gasteiger partial charge in [0.05, 0.1) is 6.10 Å². The van der Waals surface area contributed by atoms with Gasteiger partial charge in [-0.3, -0.25) is 4.74 Å². The second-order valence-electron chi connectivity index (χ2n) is 3.07. The van der Waals surface area contributed by atoms with Gasteiger partial charge in [-0.2, -0.15) is 0 Å². The van der Waals surface area contributed by atoms with Crippen molar-refractivity contribution in [2.45, 2.75) is 38.3 Å². The van der Waals surface area contributed by atoms with Crippen LogP contribution in [-0.4, -0.2) is 25.1 Å². The molecule has 1 aliphatic rings. The van der Waals surface area contributed by atoms with Crippen molar-refractivity contribution in [3.8, 4) is 0 Å². The molecule has 0 saturated carbocycles. The Morgan fingerprint density at radius 1 is 1.42 bits per heavy atom. The molecule has 2 nitrogen and oxygen atoms in total. The van der Waals surface area contributed by atoms with Crippen molar-refractivity contribution in [3.05, 3.63) is 0 Å². The summed E-state index contributed by atoms with van der Waals surface area (Å²) >= 11 is 0. The zero-order chi connectivity index (χ0) is 9.19. The third-order valence-corrected chi connectivity index (χ3v) is 1.88. The van der Waals surface area contributed by atoms with E-state index in [4.69, 9.17) is 0 Å². The number of halogens is 3. The normalized spacial score (nSPS) is 32.0. The summed E-state index contributed by atoms with van der Waals surface area (Å²) in [5.74, 6) is 0. The van der Waals surface area contributed by atoms with E-state index >= 15 is 0 Å². The first-order chi connectivity index (χ1) is 5.47. The standard InChI is InChI=1S/C7H12F3NO/c1-5-4-6(2-3-11-5)12-7(8,9)10/h5-6,11H,2-4H2,1H3/t5-,6-/m1/s1. The summed E-state index contributed by atoms with van der Waals surface area (Å²) in [7, 11) is 0. The minimum absolute atomic E-state index is 0.117. The third-order valence-electron chi connectivity index (χ3n) is 1.88. The Hall–Kier alpha value is -0.290. The van der Waals surface area contributed by atoms with Crippen molar-refractivity contribution < 1.29 is 17.9 Å². The molecule has 72 valence electrons. The molecule has 0 aromatic carbocycles. The lowest BCUT2D eigenvalue weighted by Crippen LogP contribution is -2.41. The number of ether oxygens (including phenoxy) is 1. The van der Waals surface area contributed by atoms with E-state index in [-0.39, 0.29) is 6.04 Å². The molecular weight excluding hydrogens is 171 g/mol. The molecule has 1 heterocycles. The van der Waals surface area contributed by atoms with Crippen molar-refractivity contribution in [3.63, 3.8) is 0 Å². The summed E-state index contributed by atoms with van der Waals surface area (Å²) in [5.41, 5.74) is 0. The fraction of sp³-hybridized carbons (Fsp3) is 1.00. The Morgan fingerprint density at radius 3 is 2.58 bits per heavy atom. The van der Waals surface area contributed by atoms with Crippen LogP contribution in [-0.2, 0) is 4.74 Å². The molecule has 1 saturated heterocycles. The molecule has 1 aliphatic heterocycles. The van der Waals surface area contributed by atoms with E-state index in [1.54, 1.807) is 0 Å². The van der Waals surface area contributed by atoms with Gasteiger partial charge in [0.1, 0.15) is 0 Å². The first-order valence-corrected chi connectivity index (χ1v) is 3.95. The molecule has 1 N–H and O–H groups in total. The topological polar surface area (TPSA) is 21.3 Å². The molecule has 2 atom stereocenters. The Balaban J connectivity index is 2.32. The maximum atomic E-state index is 11.7. The lowest BCUT2D eigenvalue weighted by molar-refractivity contribution is -0.345. The molecule has 0 amide bonds. The molecule has 5 heteroatoms. The van der Waals surface area contributed by atoms with E-state index in [1.807, 2.05) is 6.92 Å². The fourth-order valence-corrected chi connectivity index (χ4v) is 1.38.